The number of pyridine rings is 1. The van der Waals surface area contributed by atoms with Crippen LogP contribution in [0.3, 0.4) is 0 Å². The van der Waals surface area contributed by atoms with Crippen LogP contribution in [-0.4, -0.2) is 19.9 Å². The summed E-state index contributed by atoms with van der Waals surface area (Å²) in [6.07, 6.45) is 2.97. The van der Waals surface area contributed by atoms with Gasteiger partial charge in [-0.1, -0.05) is 22.0 Å². The van der Waals surface area contributed by atoms with Crippen LogP contribution in [0.25, 0.3) is 10.9 Å². The van der Waals surface area contributed by atoms with Gasteiger partial charge in [0.2, 0.25) is 11.6 Å². The van der Waals surface area contributed by atoms with Gasteiger partial charge in [0.05, 0.1) is 10.4 Å². The molecule has 138 valence electrons. The minimum atomic E-state index is -0.507. The number of hydrogen-bond donors (Lipinski definition) is 2. The molecule has 0 radical (unpaired) electrons. The summed E-state index contributed by atoms with van der Waals surface area (Å²) in [4.78, 5) is 23.7. The molecule has 0 aliphatic heterocycles. The Morgan fingerprint density at radius 2 is 1.64 bits per heavy atom. The lowest BCUT2D eigenvalue weighted by molar-refractivity contribution is -0.383. The largest absolute Gasteiger partial charge is 0.353 e. The second-order valence-corrected chi connectivity index (χ2v) is 6.72. The number of nitrogens with zero attached hydrogens (tertiary/aromatic N) is 4. The quantitative estimate of drug-likeness (QED) is 0.327. The van der Waals surface area contributed by atoms with Crippen molar-refractivity contribution in [2.75, 3.05) is 10.6 Å². The number of fused-ring (bicyclic) bond motifs is 1. The number of hydrogen-bond acceptors (Lipinski definition) is 7. The summed E-state index contributed by atoms with van der Waals surface area (Å²) in [5.74, 6) is 0.194. The summed E-state index contributed by atoms with van der Waals surface area (Å²) in [5, 5.41) is 18.6. The maximum absolute atomic E-state index is 11.8. The zero-order chi connectivity index (χ0) is 19.5. The number of nitrogens with one attached hydrogen (secondary N) is 2. The zero-order valence-corrected chi connectivity index (χ0v) is 15.9. The molecule has 0 amide bonds. The summed E-state index contributed by atoms with van der Waals surface area (Å²) < 4.78 is 0.905. The molecule has 0 aliphatic rings. The maximum Gasteiger partial charge on any atom is 0.353 e. The van der Waals surface area contributed by atoms with Crippen LogP contribution in [0.15, 0.2) is 71.6 Å². The van der Waals surface area contributed by atoms with Crippen molar-refractivity contribution in [1.29, 1.82) is 0 Å². The molecule has 0 atom stereocenters. The third-order valence-electron chi connectivity index (χ3n) is 4.01. The van der Waals surface area contributed by atoms with Crippen molar-refractivity contribution in [3.63, 3.8) is 0 Å². The van der Waals surface area contributed by atoms with Crippen LogP contribution in [-0.2, 0) is 0 Å². The lowest BCUT2D eigenvalue weighted by atomic mass is 10.2. The van der Waals surface area contributed by atoms with Crippen LogP contribution >= 0.6 is 15.9 Å². The first-order valence-corrected chi connectivity index (χ1v) is 9.04. The van der Waals surface area contributed by atoms with Gasteiger partial charge in [0.25, 0.3) is 0 Å². The Balaban J connectivity index is 1.74. The monoisotopic (exact) mass is 436 g/mol. The Kier molecular flexibility index (Phi) is 4.81. The second kappa shape index (κ2) is 7.57. The van der Waals surface area contributed by atoms with E-state index in [1.54, 1.807) is 18.3 Å². The fourth-order valence-electron chi connectivity index (χ4n) is 2.74. The highest BCUT2D eigenvalue weighted by molar-refractivity contribution is 9.10. The smallest absolute Gasteiger partial charge is 0.334 e. The molecule has 0 fully saturated rings. The van der Waals surface area contributed by atoms with Gasteiger partial charge < -0.3 is 10.6 Å². The van der Waals surface area contributed by atoms with E-state index in [4.69, 9.17) is 0 Å². The molecule has 0 aliphatic carbocycles. The minimum absolute atomic E-state index is 0.0935. The van der Waals surface area contributed by atoms with E-state index in [1.807, 2.05) is 42.5 Å². The Bertz CT molecular complexity index is 1160. The zero-order valence-electron chi connectivity index (χ0n) is 14.3. The van der Waals surface area contributed by atoms with Crippen LogP contribution in [0.4, 0.5) is 28.7 Å². The van der Waals surface area contributed by atoms with Crippen molar-refractivity contribution in [1.82, 2.24) is 15.0 Å². The second-order valence-electron chi connectivity index (χ2n) is 5.81. The summed E-state index contributed by atoms with van der Waals surface area (Å²) >= 11 is 3.36. The third kappa shape index (κ3) is 3.60. The van der Waals surface area contributed by atoms with Crippen molar-refractivity contribution in [2.45, 2.75) is 0 Å². The first-order chi connectivity index (χ1) is 13.6. The SMILES string of the molecule is O=[N+]([O-])c1c(Nc2ccc(Br)cc2)ncnc1Nc1cccc2ncccc12. The van der Waals surface area contributed by atoms with Crippen molar-refractivity contribution in [3.05, 3.63) is 81.7 Å². The first kappa shape index (κ1) is 17.8. The van der Waals surface area contributed by atoms with Crippen molar-refractivity contribution in [2.24, 2.45) is 0 Å². The predicted octanol–water partition coefficient (Wildman–Crippen LogP) is 5.18. The molecule has 9 heteroatoms. The molecule has 4 aromatic rings. The van der Waals surface area contributed by atoms with E-state index < -0.39 is 4.92 Å². The molecule has 28 heavy (non-hydrogen) atoms. The van der Waals surface area contributed by atoms with Gasteiger partial charge in [-0.3, -0.25) is 15.1 Å². The number of aromatic nitrogens is 3. The topological polar surface area (TPSA) is 106 Å². The van der Waals surface area contributed by atoms with Crippen molar-refractivity contribution < 1.29 is 4.92 Å². The molecule has 0 unspecified atom stereocenters. The number of anilines is 4. The van der Waals surface area contributed by atoms with Gasteiger partial charge in [0, 0.05) is 27.4 Å². The molecular weight excluding hydrogens is 424 g/mol. The summed E-state index contributed by atoms with van der Waals surface area (Å²) in [7, 11) is 0. The van der Waals surface area contributed by atoms with E-state index in [2.05, 4.69) is 41.5 Å². The first-order valence-electron chi connectivity index (χ1n) is 8.24. The lowest BCUT2D eigenvalue weighted by Crippen LogP contribution is -2.05. The Hall–Kier alpha value is -3.59. The summed E-state index contributed by atoms with van der Waals surface area (Å²) in [5.41, 5.74) is 1.87. The molecule has 2 heterocycles. The van der Waals surface area contributed by atoms with E-state index in [0.717, 1.165) is 15.4 Å². The fraction of sp³-hybridized carbons (Fsp3) is 0. The maximum atomic E-state index is 11.8. The molecule has 0 bridgehead atoms. The van der Waals surface area contributed by atoms with Gasteiger partial charge in [-0.25, -0.2) is 9.97 Å². The van der Waals surface area contributed by atoms with E-state index in [9.17, 15) is 10.1 Å². The molecular formula is C19H13BrN6O2. The predicted molar refractivity (Wildman–Crippen MR) is 111 cm³/mol. The van der Waals surface area contributed by atoms with E-state index in [1.165, 1.54) is 6.33 Å². The van der Waals surface area contributed by atoms with Crippen LogP contribution in [0.2, 0.25) is 0 Å². The standard InChI is InChI=1S/C19H13BrN6O2/c20-12-6-8-13(9-7-12)24-18-17(26(27)28)19(23-11-22-18)25-16-5-1-4-15-14(16)3-2-10-21-15/h1-11H,(H2,22,23,24,25). The minimum Gasteiger partial charge on any atom is -0.334 e. The summed E-state index contributed by atoms with van der Waals surface area (Å²) in [6.45, 7) is 0. The molecule has 2 aromatic carbocycles. The Labute approximate surface area is 168 Å². The van der Waals surface area contributed by atoms with Crippen molar-refractivity contribution >= 4 is 55.5 Å². The highest BCUT2D eigenvalue weighted by Gasteiger charge is 2.23. The van der Waals surface area contributed by atoms with Crippen molar-refractivity contribution in [3.8, 4) is 0 Å². The Morgan fingerprint density at radius 3 is 2.39 bits per heavy atom. The molecule has 2 N–H and O–H groups in total. The van der Waals surface area contributed by atoms with Crippen LogP contribution in [0.1, 0.15) is 0 Å². The number of halogens is 1. The molecule has 0 spiro atoms. The number of benzene rings is 2. The summed E-state index contributed by atoms with van der Waals surface area (Å²) in [6, 6.07) is 16.5. The van der Waals surface area contributed by atoms with E-state index >= 15 is 0 Å². The van der Waals surface area contributed by atoms with Crippen LogP contribution in [0, 0.1) is 10.1 Å². The molecule has 8 nitrogen and oxygen atoms in total. The highest BCUT2D eigenvalue weighted by Crippen LogP contribution is 2.34. The molecule has 0 saturated heterocycles. The number of nitro groups is 1. The number of rotatable bonds is 5. The average molecular weight is 437 g/mol. The third-order valence-corrected chi connectivity index (χ3v) is 4.54. The fourth-order valence-corrected chi connectivity index (χ4v) is 3.01. The van der Waals surface area contributed by atoms with Crippen LogP contribution < -0.4 is 10.6 Å². The van der Waals surface area contributed by atoms with Crippen LogP contribution in [0.5, 0.6) is 0 Å². The molecule has 4 rings (SSSR count). The average Bonchev–Trinajstić information content (AvgIpc) is 2.70. The lowest BCUT2D eigenvalue weighted by Gasteiger charge is -2.11. The molecule has 2 aromatic heterocycles. The van der Waals surface area contributed by atoms with Gasteiger partial charge in [-0.15, -0.1) is 0 Å². The highest BCUT2D eigenvalue weighted by atomic mass is 79.9. The van der Waals surface area contributed by atoms with Gasteiger partial charge >= 0.3 is 5.69 Å². The van der Waals surface area contributed by atoms with E-state index in [-0.39, 0.29) is 17.3 Å². The van der Waals surface area contributed by atoms with E-state index in [0.29, 0.717) is 11.4 Å². The van der Waals surface area contributed by atoms with Gasteiger partial charge in [-0.05, 0) is 48.5 Å². The van der Waals surface area contributed by atoms with Gasteiger partial charge in [0.1, 0.15) is 6.33 Å². The normalized spacial score (nSPS) is 10.6. The molecule has 0 saturated carbocycles. The van der Waals surface area contributed by atoms with Gasteiger partial charge in [-0.2, -0.15) is 0 Å². The Morgan fingerprint density at radius 1 is 0.893 bits per heavy atom. The van der Waals surface area contributed by atoms with Gasteiger partial charge in [0.15, 0.2) is 0 Å².